The number of rotatable bonds is 4. The summed E-state index contributed by atoms with van der Waals surface area (Å²) in [4.78, 5) is 17.1. The SMILES string of the molecule is Cc1cc2c(cc1-c1ccc(NCc3c(F)cccc3F)cn1)OC1(CCC1)CC2=O. The fraction of sp³-hybridized carbons (Fsp3) is 0.280. The Bertz CT molecular complexity index is 1150. The van der Waals surface area contributed by atoms with Crippen LogP contribution in [0.25, 0.3) is 11.3 Å². The number of benzene rings is 2. The highest BCUT2D eigenvalue weighted by atomic mass is 19.1. The second kappa shape index (κ2) is 7.45. The molecule has 0 unspecified atom stereocenters. The Morgan fingerprint density at radius 3 is 2.52 bits per heavy atom. The summed E-state index contributed by atoms with van der Waals surface area (Å²) in [5, 5.41) is 3.01. The summed E-state index contributed by atoms with van der Waals surface area (Å²) >= 11 is 0. The number of nitrogens with one attached hydrogen (secondary N) is 1. The van der Waals surface area contributed by atoms with Gasteiger partial charge in [0.05, 0.1) is 29.6 Å². The molecule has 31 heavy (non-hydrogen) atoms. The minimum absolute atomic E-state index is 0.0103. The molecule has 2 aromatic carbocycles. The number of carbonyl (C=O) groups is 1. The summed E-state index contributed by atoms with van der Waals surface area (Å²) in [6.45, 7) is 1.97. The van der Waals surface area contributed by atoms with Gasteiger partial charge in [-0.1, -0.05) is 6.07 Å². The van der Waals surface area contributed by atoms with Gasteiger partial charge in [-0.25, -0.2) is 8.78 Å². The van der Waals surface area contributed by atoms with Gasteiger partial charge in [0.2, 0.25) is 0 Å². The number of aromatic nitrogens is 1. The lowest BCUT2D eigenvalue weighted by Gasteiger charge is -2.44. The van der Waals surface area contributed by atoms with Gasteiger partial charge < -0.3 is 10.1 Å². The van der Waals surface area contributed by atoms with E-state index in [1.165, 1.54) is 18.2 Å². The van der Waals surface area contributed by atoms with E-state index in [2.05, 4.69) is 10.3 Å². The third kappa shape index (κ3) is 3.56. The molecule has 2 aliphatic rings. The molecule has 1 saturated carbocycles. The molecule has 1 spiro atoms. The van der Waals surface area contributed by atoms with E-state index in [9.17, 15) is 13.6 Å². The average molecular weight is 420 g/mol. The largest absolute Gasteiger partial charge is 0.486 e. The predicted octanol–water partition coefficient (Wildman–Crippen LogP) is 5.84. The number of ether oxygens (including phenoxy) is 1. The second-order valence-corrected chi connectivity index (χ2v) is 8.39. The number of nitrogens with zero attached hydrogens (tertiary/aromatic N) is 1. The van der Waals surface area contributed by atoms with Crippen LogP contribution in [0.2, 0.25) is 0 Å². The average Bonchev–Trinajstić information content (AvgIpc) is 2.73. The van der Waals surface area contributed by atoms with E-state index in [-0.39, 0.29) is 23.5 Å². The lowest BCUT2D eigenvalue weighted by molar-refractivity contribution is -0.0177. The zero-order valence-electron chi connectivity index (χ0n) is 17.2. The summed E-state index contributed by atoms with van der Waals surface area (Å²) in [5.74, 6) is -0.389. The first-order chi connectivity index (χ1) is 14.9. The van der Waals surface area contributed by atoms with Crippen molar-refractivity contribution >= 4 is 11.5 Å². The number of Topliss-reactive ketones (excluding diaryl/α,β-unsaturated/α-hetero) is 1. The number of hydrogen-bond donors (Lipinski definition) is 1. The number of pyridine rings is 1. The van der Waals surface area contributed by atoms with E-state index in [1.54, 1.807) is 6.20 Å². The van der Waals surface area contributed by atoms with E-state index in [0.29, 0.717) is 23.4 Å². The summed E-state index contributed by atoms with van der Waals surface area (Å²) in [6, 6.07) is 11.3. The van der Waals surface area contributed by atoms with Crippen LogP contribution >= 0.6 is 0 Å². The quantitative estimate of drug-likeness (QED) is 0.577. The van der Waals surface area contributed by atoms with Gasteiger partial charge in [0.25, 0.3) is 0 Å². The zero-order valence-corrected chi connectivity index (χ0v) is 17.2. The van der Waals surface area contributed by atoms with E-state index < -0.39 is 11.6 Å². The molecule has 1 aliphatic heterocycles. The van der Waals surface area contributed by atoms with Gasteiger partial charge in [-0.05, 0) is 68.1 Å². The van der Waals surface area contributed by atoms with Crippen LogP contribution in [0.4, 0.5) is 14.5 Å². The van der Waals surface area contributed by atoms with Crippen molar-refractivity contribution in [3.05, 3.63) is 77.0 Å². The molecule has 158 valence electrons. The predicted molar refractivity (Wildman–Crippen MR) is 114 cm³/mol. The van der Waals surface area contributed by atoms with E-state index in [0.717, 1.165) is 36.1 Å². The Hall–Kier alpha value is -3.28. The van der Waals surface area contributed by atoms with E-state index in [4.69, 9.17) is 4.74 Å². The molecule has 0 amide bonds. The highest BCUT2D eigenvalue weighted by Gasteiger charge is 2.45. The number of anilines is 1. The molecule has 4 nitrogen and oxygen atoms in total. The van der Waals surface area contributed by atoms with Crippen LogP contribution in [0.15, 0.2) is 48.7 Å². The van der Waals surface area contributed by atoms with Crippen molar-refractivity contribution in [3.8, 4) is 17.0 Å². The van der Waals surface area contributed by atoms with Crippen molar-refractivity contribution in [1.82, 2.24) is 4.98 Å². The van der Waals surface area contributed by atoms with Crippen molar-refractivity contribution in [2.24, 2.45) is 0 Å². The van der Waals surface area contributed by atoms with Gasteiger partial charge in [-0.2, -0.15) is 0 Å². The Kier molecular flexibility index (Phi) is 4.73. The number of hydrogen-bond acceptors (Lipinski definition) is 4. The molecule has 1 aliphatic carbocycles. The highest BCUT2D eigenvalue weighted by molar-refractivity contribution is 6.01. The smallest absolute Gasteiger partial charge is 0.170 e. The minimum Gasteiger partial charge on any atom is -0.486 e. The summed E-state index contributed by atoms with van der Waals surface area (Å²) in [7, 11) is 0. The van der Waals surface area contributed by atoms with Crippen LogP contribution in [-0.2, 0) is 6.54 Å². The lowest BCUT2D eigenvalue weighted by Crippen LogP contribution is -2.47. The normalized spacial score (nSPS) is 16.4. The Morgan fingerprint density at radius 2 is 1.87 bits per heavy atom. The molecule has 1 aromatic heterocycles. The fourth-order valence-electron chi connectivity index (χ4n) is 4.32. The highest BCUT2D eigenvalue weighted by Crippen LogP contribution is 2.46. The molecule has 0 atom stereocenters. The zero-order chi connectivity index (χ0) is 21.6. The molecule has 0 radical (unpaired) electrons. The first-order valence-electron chi connectivity index (χ1n) is 10.4. The molecule has 0 saturated heterocycles. The Balaban J connectivity index is 1.37. The second-order valence-electron chi connectivity index (χ2n) is 8.39. The third-order valence-corrected chi connectivity index (χ3v) is 6.27. The third-order valence-electron chi connectivity index (χ3n) is 6.27. The number of halogens is 2. The molecule has 1 fully saturated rings. The van der Waals surface area contributed by atoms with Gasteiger partial charge >= 0.3 is 0 Å². The van der Waals surface area contributed by atoms with Crippen LogP contribution in [0.5, 0.6) is 5.75 Å². The van der Waals surface area contributed by atoms with Gasteiger partial charge in [0, 0.05) is 17.7 Å². The summed E-state index contributed by atoms with van der Waals surface area (Å²) in [6.07, 6.45) is 5.02. The minimum atomic E-state index is -0.583. The number of aryl methyl sites for hydroxylation is 1. The first kappa shape index (κ1) is 19.7. The van der Waals surface area contributed by atoms with E-state index in [1.807, 2.05) is 31.2 Å². The van der Waals surface area contributed by atoms with E-state index >= 15 is 0 Å². The van der Waals surface area contributed by atoms with Crippen LogP contribution in [0, 0.1) is 18.6 Å². The van der Waals surface area contributed by atoms with Gasteiger partial charge in [0.1, 0.15) is 23.0 Å². The number of carbonyl (C=O) groups excluding carboxylic acids is 1. The standard InChI is InChI=1S/C25H22F2N2O2/c1-15-10-18-23(30)12-25(8-3-9-25)31-24(18)11-17(15)22-7-6-16(13-29-22)28-14-19-20(26)4-2-5-21(19)27/h2,4-7,10-11,13,28H,3,8-9,12,14H2,1H3. The van der Waals surface area contributed by atoms with Crippen molar-refractivity contribution in [3.63, 3.8) is 0 Å². The Labute approximate surface area is 179 Å². The molecular weight excluding hydrogens is 398 g/mol. The van der Waals surface area contributed by atoms with Crippen LogP contribution in [-0.4, -0.2) is 16.4 Å². The van der Waals surface area contributed by atoms with Crippen LogP contribution < -0.4 is 10.1 Å². The fourth-order valence-corrected chi connectivity index (χ4v) is 4.32. The van der Waals surface area contributed by atoms with Crippen molar-refractivity contribution < 1.29 is 18.3 Å². The molecule has 3 aromatic rings. The van der Waals surface area contributed by atoms with Crippen molar-refractivity contribution in [2.45, 2.75) is 44.8 Å². The van der Waals surface area contributed by atoms with Gasteiger partial charge in [-0.15, -0.1) is 0 Å². The maximum atomic E-state index is 13.8. The monoisotopic (exact) mass is 420 g/mol. The summed E-state index contributed by atoms with van der Waals surface area (Å²) < 4.78 is 33.8. The van der Waals surface area contributed by atoms with Crippen LogP contribution in [0.3, 0.4) is 0 Å². The lowest BCUT2D eigenvalue weighted by atomic mass is 9.74. The molecule has 1 N–H and O–H groups in total. The van der Waals surface area contributed by atoms with Gasteiger partial charge in [0.15, 0.2) is 5.78 Å². The van der Waals surface area contributed by atoms with Crippen LogP contribution in [0.1, 0.15) is 47.2 Å². The first-order valence-corrected chi connectivity index (χ1v) is 10.4. The maximum Gasteiger partial charge on any atom is 0.170 e. The van der Waals surface area contributed by atoms with Gasteiger partial charge in [-0.3, -0.25) is 9.78 Å². The number of fused-ring (bicyclic) bond motifs is 1. The summed E-state index contributed by atoms with van der Waals surface area (Å²) in [5.41, 5.74) is 3.55. The molecule has 2 heterocycles. The van der Waals surface area contributed by atoms with Crippen molar-refractivity contribution in [1.29, 1.82) is 0 Å². The Morgan fingerprint density at radius 1 is 1.10 bits per heavy atom. The topological polar surface area (TPSA) is 51.2 Å². The molecule has 5 rings (SSSR count). The molecular formula is C25H22F2N2O2. The number of ketones is 1. The maximum absolute atomic E-state index is 13.8. The molecule has 6 heteroatoms. The van der Waals surface area contributed by atoms with Crippen molar-refractivity contribution in [2.75, 3.05) is 5.32 Å². The molecule has 0 bridgehead atoms.